The van der Waals surface area contributed by atoms with E-state index in [1.807, 2.05) is 13.8 Å². The molecular formula is C14H30O2Si. The van der Waals surface area contributed by atoms with Gasteiger partial charge in [0.1, 0.15) is 0 Å². The first-order valence-corrected chi connectivity index (χ1v) is 9.91. The van der Waals surface area contributed by atoms with Crippen molar-refractivity contribution in [1.29, 1.82) is 0 Å². The Morgan fingerprint density at radius 1 is 1.06 bits per heavy atom. The number of allylic oxidation sites excluding steroid dienone is 1. The molecule has 0 saturated heterocycles. The molecule has 0 aromatic heterocycles. The summed E-state index contributed by atoms with van der Waals surface area (Å²) in [4.78, 5) is 0. The first-order chi connectivity index (χ1) is 7.74. The maximum Gasteiger partial charge on any atom is 0.274 e. The molecule has 102 valence electrons. The molecule has 0 N–H and O–H groups in total. The molecule has 0 aliphatic carbocycles. The zero-order valence-electron chi connectivity index (χ0n) is 12.7. The number of ether oxygens (including phenoxy) is 2. The van der Waals surface area contributed by atoms with Crippen LogP contribution in [-0.4, -0.2) is 21.3 Å². The Morgan fingerprint density at radius 2 is 1.53 bits per heavy atom. The molecule has 0 aromatic carbocycles. The van der Waals surface area contributed by atoms with Crippen molar-refractivity contribution in [2.75, 3.05) is 13.2 Å². The van der Waals surface area contributed by atoms with Crippen molar-refractivity contribution < 1.29 is 9.47 Å². The number of rotatable bonds is 7. The van der Waals surface area contributed by atoms with Crippen LogP contribution >= 0.6 is 0 Å². The van der Waals surface area contributed by atoms with E-state index in [2.05, 4.69) is 39.9 Å². The van der Waals surface area contributed by atoms with Gasteiger partial charge in [-0.15, -0.1) is 0 Å². The Labute approximate surface area is 108 Å². The molecule has 0 aromatic rings. The van der Waals surface area contributed by atoms with Crippen molar-refractivity contribution >= 4 is 8.07 Å². The third kappa shape index (κ3) is 6.15. The van der Waals surface area contributed by atoms with Crippen molar-refractivity contribution in [1.82, 2.24) is 0 Å². The Kier molecular flexibility index (Phi) is 6.91. The first-order valence-electron chi connectivity index (χ1n) is 6.70. The van der Waals surface area contributed by atoms with E-state index in [4.69, 9.17) is 9.47 Å². The van der Waals surface area contributed by atoms with Gasteiger partial charge in [-0.05, 0) is 31.4 Å². The lowest BCUT2D eigenvalue weighted by atomic mass is 10.2. The monoisotopic (exact) mass is 258 g/mol. The second-order valence-corrected chi connectivity index (χ2v) is 11.8. The SMILES string of the molecule is CCOC(=CCC[Si](C)(C)C(C)(C)C)OCC. The van der Waals surface area contributed by atoms with Crippen LogP contribution in [0.1, 0.15) is 41.0 Å². The Hall–Kier alpha value is -0.443. The molecule has 0 fully saturated rings. The molecule has 0 amide bonds. The van der Waals surface area contributed by atoms with Crippen LogP contribution in [0.2, 0.25) is 24.2 Å². The van der Waals surface area contributed by atoms with E-state index in [1.54, 1.807) is 0 Å². The van der Waals surface area contributed by atoms with Gasteiger partial charge in [0, 0.05) is 0 Å². The van der Waals surface area contributed by atoms with Crippen LogP contribution in [0.5, 0.6) is 0 Å². The second-order valence-electron chi connectivity index (χ2n) is 6.06. The van der Waals surface area contributed by atoms with Crippen molar-refractivity contribution in [3.8, 4) is 0 Å². The number of hydrogen-bond acceptors (Lipinski definition) is 2. The largest absolute Gasteiger partial charge is 0.466 e. The summed E-state index contributed by atoms with van der Waals surface area (Å²) in [7, 11) is -1.17. The summed E-state index contributed by atoms with van der Waals surface area (Å²) < 4.78 is 10.9. The van der Waals surface area contributed by atoms with Gasteiger partial charge in [0.25, 0.3) is 5.95 Å². The summed E-state index contributed by atoms with van der Waals surface area (Å²) in [6, 6.07) is 1.28. The highest BCUT2D eigenvalue weighted by Crippen LogP contribution is 2.39. The van der Waals surface area contributed by atoms with Crippen LogP contribution in [0.3, 0.4) is 0 Å². The molecule has 2 nitrogen and oxygen atoms in total. The predicted molar refractivity (Wildman–Crippen MR) is 78.0 cm³/mol. The Morgan fingerprint density at radius 3 is 1.88 bits per heavy atom. The summed E-state index contributed by atoms with van der Waals surface area (Å²) >= 11 is 0. The van der Waals surface area contributed by atoms with Crippen LogP contribution in [0.15, 0.2) is 12.0 Å². The molecule has 0 radical (unpaired) electrons. The highest BCUT2D eigenvalue weighted by molar-refractivity contribution is 6.80. The fourth-order valence-electron chi connectivity index (χ4n) is 1.37. The van der Waals surface area contributed by atoms with Crippen LogP contribution < -0.4 is 0 Å². The van der Waals surface area contributed by atoms with E-state index in [-0.39, 0.29) is 0 Å². The molecule has 0 aliphatic rings. The molecule has 0 aliphatic heterocycles. The lowest BCUT2D eigenvalue weighted by molar-refractivity contribution is 0.0456. The minimum atomic E-state index is -1.17. The zero-order valence-corrected chi connectivity index (χ0v) is 13.7. The topological polar surface area (TPSA) is 18.5 Å². The van der Waals surface area contributed by atoms with Gasteiger partial charge in [0.15, 0.2) is 0 Å². The quantitative estimate of drug-likeness (QED) is 0.482. The molecule has 0 rings (SSSR count). The fourth-order valence-corrected chi connectivity index (χ4v) is 2.99. The maximum absolute atomic E-state index is 5.44. The highest BCUT2D eigenvalue weighted by atomic mass is 28.3. The third-order valence-corrected chi connectivity index (χ3v) is 9.28. The average molecular weight is 258 g/mol. The van der Waals surface area contributed by atoms with Gasteiger partial charge in [-0.2, -0.15) is 0 Å². The lowest BCUT2D eigenvalue weighted by Gasteiger charge is -2.36. The van der Waals surface area contributed by atoms with Gasteiger partial charge in [-0.25, -0.2) is 0 Å². The fraction of sp³-hybridized carbons (Fsp3) is 0.857. The molecular weight excluding hydrogens is 228 g/mol. The van der Waals surface area contributed by atoms with Crippen molar-refractivity contribution in [2.24, 2.45) is 0 Å². The minimum absolute atomic E-state index is 0.457. The molecule has 0 saturated carbocycles. The Bertz CT molecular complexity index is 231. The second kappa shape index (κ2) is 7.09. The van der Waals surface area contributed by atoms with Gasteiger partial charge in [0.2, 0.25) is 0 Å². The summed E-state index contributed by atoms with van der Waals surface area (Å²) in [5.41, 5.74) is 0. The van der Waals surface area contributed by atoms with Gasteiger partial charge in [-0.1, -0.05) is 39.9 Å². The normalized spacial score (nSPS) is 12.2. The standard InChI is InChI=1S/C14H30O2Si/c1-8-15-13(16-9-2)11-10-12-17(6,7)14(3,4)5/h11H,8-10,12H2,1-7H3. The van der Waals surface area contributed by atoms with Crippen LogP contribution in [0.25, 0.3) is 0 Å². The summed E-state index contributed by atoms with van der Waals surface area (Å²) in [6.45, 7) is 17.3. The minimum Gasteiger partial charge on any atom is -0.466 e. The van der Waals surface area contributed by atoms with E-state index in [0.29, 0.717) is 24.2 Å². The first kappa shape index (κ1) is 16.6. The smallest absolute Gasteiger partial charge is 0.274 e. The molecule has 17 heavy (non-hydrogen) atoms. The van der Waals surface area contributed by atoms with Crippen LogP contribution in [-0.2, 0) is 9.47 Å². The average Bonchev–Trinajstić information content (AvgIpc) is 2.16. The van der Waals surface area contributed by atoms with E-state index in [0.717, 1.165) is 6.42 Å². The highest BCUT2D eigenvalue weighted by Gasteiger charge is 2.33. The molecule has 0 unspecified atom stereocenters. The summed E-state index contributed by atoms with van der Waals surface area (Å²) in [5, 5.41) is 0.457. The van der Waals surface area contributed by atoms with Crippen LogP contribution in [0.4, 0.5) is 0 Å². The van der Waals surface area contributed by atoms with Crippen LogP contribution in [0, 0.1) is 0 Å². The van der Waals surface area contributed by atoms with Gasteiger partial charge < -0.3 is 9.47 Å². The summed E-state index contributed by atoms with van der Waals surface area (Å²) in [6.07, 6.45) is 3.17. The molecule has 0 atom stereocenters. The maximum atomic E-state index is 5.44. The van der Waals surface area contributed by atoms with Gasteiger partial charge >= 0.3 is 0 Å². The molecule has 0 bridgehead atoms. The number of hydrogen-bond donors (Lipinski definition) is 0. The van der Waals surface area contributed by atoms with Gasteiger partial charge in [0.05, 0.1) is 21.3 Å². The molecule has 0 heterocycles. The third-order valence-electron chi connectivity index (χ3n) is 3.68. The predicted octanol–water partition coefficient (Wildman–Crippen LogP) is 4.80. The lowest BCUT2D eigenvalue weighted by Crippen LogP contribution is -2.36. The van der Waals surface area contributed by atoms with Crippen molar-refractivity contribution in [3.05, 3.63) is 12.0 Å². The molecule has 3 heteroatoms. The van der Waals surface area contributed by atoms with Crippen molar-refractivity contribution in [2.45, 2.75) is 65.2 Å². The van der Waals surface area contributed by atoms with E-state index < -0.39 is 8.07 Å². The Balaban J connectivity index is 4.31. The van der Waals surface area contributed by atoms with E-state index in [1.165, 1.54) is 6.04 Å². The summed E-state index contributed by atoms with van der Waals surface area (Å²) in [5.74, 6) is 0.703. The van der Waals surface area contributed by atoms with E-state index >= 15 is 0 Å². The molecule has 0 spiro atoms. The van der Waals surface area contributed by atoms with Gasteiger partial charge in [-0.3, -0.25) is 0 Å². The van der Waals surface area contributed by atoms with E-state index in [9.17, 15) is 0 Å². The zero-order chi connectivity index (χ0) is 13.5. The van der Waals surface area contributed by atoms with Crippen molar-refractivity contribution in [3.63, 3.8) is 0 Å².